The molecule has 0 aliphatic carbocycles. The van der Waals surface area contributed by atoms with Crippen LogP contribution in [0.4, 0.5) is 13.2 Å². The zero-order valence-corrected chi connectivity index (χ0v) is 10.4. The van der Waals surface area contributed by atoms with Crippen LogP contribution in [0.15, 0.2) is 0 Å². The van der Waals surface area contributed by atoms with Crippen molar-refractivity contribution in [3.8, 4) is 0 Å². The monoisotopic (exact) mass is 268 g/mol. The fraction of sp³-hybridized carbons (Fsp3) is 0.909. The molecule has 1 saturated heterocycles. The standard InChI is InChI=1S/C11H19F3N2O2/c1-15-6-9-4-2-3-5-16(9)10(17)7-18-8-11(12,13)14/h9,15H,2-8H2,1H3. The number of ether oxygens (including phenoxy) is 1. The number of rotatable bonds is 5. The van der Waals surface area contributed by atoms with E-state index in [9.17, 15) is 18.0 Å². The van der Waals surface area contributed by atoms with Gasteiger partial charge in [0.1, 0.15) is 13.2 Å². The Labute approximate surface area is 104 Å². The molecule has 1 aliphatic heterocycles. The summed E-state index contributed by atoms with van der Waals surface area (Å²) in [6, 6.07) is 0.0609. The number of hydrogen-bond acceptors (Lipinski definition) is 3. The highest BCUT2D eigenvalue weighted by molar-refractivity contribution is 5.77. The Morgan fingerprint density at radius 1 is 1.44 bits per heavy atom. The Kier molecular flexibility index (Phi) is 5.87. The third-order valence-electron chi connectivity index (χ3n) is 2.88. The van der Waals surface area contributed by atoms with Crippen molar-refractivity contribution in [2.45, 2.75) is 31.5 Å². The van der Waals surface area contributed by atoms with Crippen LogP contribution in [0.3, 0.4) is 0 Å². The van der Waals surface area contributed by atoms with Gasteiger partial charge in [-0.05, 0) is 26.3 Å². The van der Waals surface area contributed by atoms with Crippen molar-refractivity contribution >= 4 is 5.91 Å². The number of alkyl halides is 3. The highest BCUT2D eigenvalue weighted by Crippen LogP contribution is 2.18. The number of hydrogen-bond donors (Lipinski definition) is 1. The molecule has 1 unspecified atom stereocenters. The Morgan fingerprint density at radius 2 is 2.17 bits per heavy atom. The van der Waals surface area contributed by atoms with Crippen molar-refractivity contribution in [1.82, 2.24) is 10.2 Å². The number of carbonyl (C=O) groups is 1. The normalized spacial score (nSPS) is 21.1. The molecule has 1 rings (SSSR count). The first-order valence-corrected chi connectivity index (χ1v) is 6.02. The summed E-state index contributed by atoms with van der Waals surface area (Å²) >= 11 is 0. The molecule has 4 nitrogen and oxygen atoms in total. The molecule has 1 N–H and O–H groups in total. The molecule has 106 valence electrons. The molecule has 0 aromatic carbocycles. The third-order valence-corrected chi connectivity index (χ3v) is 2.88. The van der Waals surface area contributed by atoms with Gasteiger partial charge in [0.05, 0.1) is 0 Å². The average Bonchev–Trinajstić information content (AvgIpc) is 2.28. The molecule has 1 fully saturated rings. The van der Waals surface area contributed by atoms with Crippen LogP contribution in [-0.4, -0.2) is 56.4 Å². The summed E-state index contributed by atoms with van der Waals surface area (Å²) in [6.07, 6.45) is -1.57. The van der Waals surface area contributed by atoms with E-state index in [1.807, 2.05) is 0 Å². The molecule has 0 saturated carbocycles. The van der Waals surface area contributed by atoms with Gasteiger partial charge in [0.15, 0.2) is 0 Å². The van der Waals surface area contributed by atoms with Gasteiger partial charge in [0.25, 0.3) is 0 Å². The maximum absolute atomic E-state index is 11.9. The molecule has 0 aromatic rings. The predicted octanol–water partition coefficient (Wildman–Crippen LogP) is 1.17. The summed E-state index contributed by atoms with van der Waals surface area (Å²) < 4.78 is 40.1. The average molecular weight is 268 g/mol. The largest absolute Gasteiger partial charge is 0.411 e. The topological polar surface area (TPSA) is 41.6 Å². The second-order valence-electron chi connectivity index (χ2n) is 4.40. The van der Waals surface area contributed by atoms with Crippen molar-refractivity contribution in [2.24, 2.45) is 0 Å². The van der Waals surface area contributed by atoms with Crippen molar-refractivity contribution in [3.63, 3.8) is 0 Å². The van der Waals surface area contributed by atoms with Gasteiger partial charge in [0, 0.05) is 19.1 Å². The van der Waals surface area contributed by atoms with E-state index in [0.29, 0.717) is 13.1 Å². The number of likely N-dealkylation sites (N-methyl/N-ethyl adjacent to an activating group) is 1. The molecule has 0 aromatic heterocycles. The van der Waals surface area contributed by atoms with E-state index in [0.717, 1.165) is 19.3 Å². The zero-order valence-electron chi connectivity index (χ0n) is 10.4. The molecule has 0 spiro atoms. The number of nitrogens with one attached hydrogen (secondary N) is 1. The molecule has 0 radical (unpaired) electrons. The van der Waals surface area contributed by atoms with Crippen molar-refractivity contribution < 1.29 is 22.7 Å². The highest BCUT2D eigenvalue weighted by Gasteiger charge is 2.30. The first-order valence-electron chi connectivity index (χ1n) is 6.02. The predicted molar refractivity (Wildman–Crippen MR) is 60.2 cm³/mol. The number of carbonyl (C=O) groups excluding carboxylic acids is 1. The van der Waals surface area contributed by atoms with Crippen molar-refractivity contribution in [2.75, 3.05) is 33.4 Å². The quantitative estimate of drug-likeness (QED) is 0.813. The molecule has 1 heterocycles. The van der Waals surface area contributed by atoms with E-state index < -0.39 is 19.4 Å². The summed E-state index contributed by atoms with van der Waals surface area (Å²) in [5, 5.41) is 2.99. The van der Waals surface area contributed by atoms with Crippen LogP contribution >= 0.6 is 0 Å². The molecular formula is C11H19F3N2O2. The van der Waals surface area contributed by atoms with E-state index in [4.69, 9.17) is 0 Å². The van der Waals surface area contributed by atoms with Crippen molar-refractivity contribution in [3.05, 3.63) is 0 Å². The minimum absolute atomic E-state index is 0.0609. The number of likely N-dealkylation sites (tertiary alicyclic amines) is 1. The van der Waals surface area contributed by atoms with Gasteiger partial charge in [-0.25, -0.2) is 0 Å². The summed E-state index contributed by atoms with van der Waals surface area (Å²) in [7, 11) is 1.79. The lowest BCUT2D eigenvalue weighted by molar-refractivity contribution is -0.178. The van der Waals surface area contributed by atoms with E-state index in [1.165, 1.54) is 0 Å². The van der Waals surface area contributed by atoms with Gasteiger partial charge in [-0.1, -0.05) is 0 Å². The lowest BCUT2D eigenvalue weighted by Gasteiger charge is -2.35. The molecule has 1 atom stereocenters. The first-order chi connectivity index (χ1) is 8.44. The number of halogens is 3. The minimum Gasteiger partial charge on any atom is -0.362 e. The number of nitrogens with zero attached hydrogens (tertiary/aromatic N) is 1. The molecular weight excluding hydrogens is 249 g/mol. The SMILES string of the molecule is CNCC1CCCCN1C(=O)COCC(F)(F)F. The summed E-state index contributed by atoms with van der Waals surface area (Å²) in [5.74, 6) is -0.362. The van der Waals surface area contributed by atoms with Crippen LogP contribution in [0.2, 0.25) is 0 Å². The fourth-order valence-corrected chi connectivity index (χ4v) is 2.11. The lowest BCUT2D eigenvalue weighted by Crippen LogP contribution is -2.49. The van der Waals surface area contributed by atoms with Crippen LogP contribution in [0, 0.1) is 0 Å². The Bertz CT molecular complexity index is 270. The van der Waals surface area contributed by atoms with Gasteiger partial charge in [0.2, 0.25) is 5.91 Å². The molecule has 1 aliphatic rings. The van der Waals surface area contributed by atoms with Crippen LogP contribution in [0.25, 0.3) is 0 Å². The smallest absolute Gasteiger partial charge is 0.362 e. The maximum Gasteiger partial charge on any atom is 0.411 e. The number of amides is 1. The Balaban J connectivity index is 2.38. The Hall–Kier alpha value is -0.820. The summed E-state index contributed by atoms with van der Waals surface area (Å²) in [4.78, 5) is 13.4. The van der Waals surface area contributed by atoms with Gasteiger partial charge in [-0.2, -0.15) is 13.2 Å². The van der Waals surface area contributed by atoms with E-state index in [-0.39, 0.29) is 11.9 Å². The molecule has 0 bridgehead atoms. The fourth-order valence-electron chi connectivity index (χ4n) is 2.11. The summed E-state index contributed by atoms with van der Waals surface area (Å²) in [5.41, 5.74) is 0. The van der Waals surface area contributed by atoms with Crippen LogP contribution < -0.4 is 5.32 Å². The second-order valence-corrected chi connectivity index (χ2v) is 4.40. The van der Waals surface area contributed by atoms with Crippen molar-refractivity contribution in [1.29, 1.82) is 0 Å². The number of piperidine rings is 1. The molecule has 7 heteroatoms. The summed E-state index contributed by atoms with van der Waals surface area (Å²) in [6.45, 7) is -0.617. The first kappa shape index (κ1) is 15.2. The lowest BCUT2D eigenvalue weighted by atomic mass is 10.0. The second kappa shape index (κ2) is 6.94. The minimum atomic E-state index is -4.38. The van der Waals surface area contributed by atoms with E-state index in [2.05, 4.69) is 10.1 Å². The Morgan fingerprint density at radius 3 is 2.78 bits per heavy atom. The molecule has 1 amide bonds. The van der Waals surface area contributed by atoms with Crippen LogP contribution in [0.5, 0.6) is 0 Å². The van der Waals surface area contributed by atoms with Gasteiger partial charge in [-0.3, -0.25) is 4.79 Å². The van der Waals surface area contributed by atoms with Crippen LogP contribution in [-0.2, 0) is 9.53 Å². The van der Waals surface area contributed by atoms with E-state index >= 15 is 0 Å². The zero-order chi connectivity index (χ0) is 13.6. The van der Waals surface area contributed by atoms with Crippen LogP contribution in [0.1, 0.15) is 19.3 Å². The third kappa shape index (κ3) is 5.22. The van der Waals surface area contributed by atoms with Gasteiger partial charge in [-0.15, -0.1) is 0 Å². The maximum atomic E-state index is 11.9. The van der Waals surface area contributed by atoms with Gasteiger partial charge >= 0.3 is 6.18 Å². The van der Waals surface area contributed by atoms with Gasteiger partial charge < -0.3 is 15.0 Å². The van der Waals surface area contributed by atoms with E-state index in [1.54, 1.807) is 11.9 Å². The molecule has 18 heavy (non-hydrogen) atoms. The highest BCUT2D eigenvalue weighted by atomic mass is 19.4.